The number of halogens is 1. The van der Waals surface area contributed by atoms with Crippen molar-refractivity contribution >= 4 is 5.91 Å². The van der Waals surface area contributed by atoms with Crippen LogP contribution in [0.25, 0.3) is 0 Å². The molecule has 2 aromatic rings. The van der Waals surface area contributed by atoms with E-state index in [1.807, 2.05) is 12.1 Å². The van der Waals surface area contributed by atoms with Gasteiger partial charge in [0.25, 0.3) is 0 Å². The molecule has 1 aromatic carbocycles. The fraction of sp³-hybridized carbons (Fsp3) is 0.316. The fourth-order valence-electron chi connectivity index (χ4n) is 2.32. The van der Waals surface area contributed by atoms with Crippen LogP contribution >= 0.6 is 0 Å². The Morgan fingerprint density at radius 1 is 1.32 bits per heavy atom. The Balaban J connectivity index is 1.81. The maximum Gasteiger partial charge on any atom is 0.223 e. The first-order chi connectivity index (χ1) is 12.2. The highest BCUT2D eigenvalue weighted by Gasteiger charge is 2.13. The maximum absolute atomic E-state index is 13.1. The first-order valence-electron chi connectivity index (χ1n) is 8.11. The minimum absolute atomic E-state index is 0.0399. The molecule has 6 heteroatoms. The molecule has 0 bridgehead atoms. The highest BCUT2D eigenvalue weighted by molar-refractivity contribution is 5.76. The summed E-state index contributed by atoms with van der Waals surface area (Å²) in [5.41, 5.74) is 0.921. The van der Waals surface area contributed by atoms with Gasteiger partial charge in [-0.1, -0.05) is 12.1 Å². The summed E-state index contributed by atoms with van der Waals surface area (Å²) in [6.45, 7) is 1.14. The second kappa shape index (κ2) is 10.0. The largest absolute Gasteiger partial charge is 0.493 e. The number of ether oxygens (including phenoxy) is 1. The molecule has 0 unspecified atom stereocenters. The van der Waals surface area contributed by atoms with Crippen LogP contribution in [0.5, 0.6) is 5.75 Å². The molecule has 0 radical (unpaired) electrons. The van der Waals surface area contributed by atoms with Crippen LogP contribution in [0.2, 0.25) is 0 Å². The first kappa shape index (κ1) is 18.4. The predicted octanol–water partition coefficient (Wildman–Crippen LogP) is 3.32. The minimum atomic E-state index is -0.354. The Morgan fingerprint density at radius 2 is 2.20 bits per heavy atom. The summed E-state index contributed by atoms with van der Waals surface area (Å²) in [6.07, 6.45) is 4.49. The second-order valence-electron chi connectivity index (χ2n) is 5.49. The Labute approximate surface area is 146 Å². The predicted molar refractivity (Wildman–Crippen MR) is 91.0 cm³/mol. The number of carbonyl (C=O) groups is 1. The van der Waals surface area contributed by atoms with Gasteiger partial charge in [-0.15, -0.1) is 0 Å². The van der Waals surface area contributed by atoms with Crippen LogP contribution < -0.4 is 4.74 Å². The Bertz CT molecular complexity index is 716. The SMILES string of the molecule is N#CCCN(Cc1cccnc1)C(=O)CCCOc1cccc(F)c1. The van der Waals surface area contributed by atoms with E-state index in [9.17, 15) is 9.18 Å². The number of hydrogen-bond acceptors (Lipinski definition) is 4. The lowest BCUT2D eigenvalue weighted by Gasteiger charge is -2.21. The van der Waals surface area contributed by atoms with E-state index >= 15 is 0 Å². The molecule has 0 atom stereocenters. The number of aromatic nitrogens is 1. The number of nitriles is 1. The van der Waals surface area contributed by atoms with Crippen molar-refractivity contribution in [2.24, 2.45) is 0 Å². The molecule has 0 saturated carbocycles. The summed E-state index contributed by atoms with van der Waals surface area (Å²) in [5, 5.41) is 8.77. The lowest BCUT2D eigenvalue weighted by molar-refractivity contribution is -0.132. The summed E-state index contributed by atoms with van der Waals surface area (Å²) in [6, 6.07) is 11.7. The van der Waals surface area contributed by atoms with E-state index in [2.05, 4.69) is 11.1 Å². The van der Waals surface area contributed by atoms with Crippen LogP contribution in [-0.4, -0.2) is 28.9 Å². The summed E-state index contributed by atoms with van der Waals surface area (Å²) < 4.78 is 18.5. The summed E-state index contributed by atoms with van der Waals surface area (Å²) in [5.74, 6) is 0.0545. The maximum atomic E-state index is 13.1. The van der Waals surface area contributed by atoms with Crippen molar-refractivity contribution in [1.82, 2.24) is 9.88 Å². The summed E-state index contributed by atoms with van der Waals surface area (Å²) >= 11 is 0. The van der Waals surface area contributed by atoms with Crippen LogP contribution in [0.3, 0.4) is 0 Å². The molecule has 0 fully saturated rings. The summed E-state index contributed by atoms with van der Waals surface area (Å²) in [4.78, 5) is 18.1. The van der Waals surface area contributed by atoms with E-state index in [1.165, 1.54) is 12.1 Å². The fourth-order valence-corrected chi connectivity index (χ4v) is 2.32. The third-order valence-electron chi connectivity index (χ3n) is 3.54. The average Bonchev–Trinajstić information content (AvgIpc) is 2.63. The zero-order valence-electron chi connectivity index (χ0n) is 13.9. The molecule has 0 N–H and O–H groups in total. The van der Waals surface area contributed by atoms with Gasteiger partial charge in [0.05, 0.1) is 19.1 Å². The van der Waals surface area contributed by atoms with Gasteiger partial charge in [0, 0.05) is 38.0 Å². The van der Waals surface area contributed by atoms with E-state index in [1.54, 1.807) is 29.4 Å². The smallest absolute Gasteiger partial charge is 0.223 e. The van der Waals surface area contributed by atoms with E-state index < -0.39 is 0 Å². The number of amides is 1. The van der Waals surface area contributed by atoms with Gasteiger partial charge >= 0.3 is 0 Å². The first-order valence-corrected chi connectivity index (χ1v) is 8.11. The van der Waals surface area contributed by atoms with Crippen molar-refractivity contribution in [3.8, 4) is 11.8 Å². The quantitative estimate of drug-likeness (QED) is 0.656. The van der Waals surface area contributed by atoms with Gasteiger partial charge in [-0.2, -0.15) is 5.26 Å². The third kappa shape index (κ3) is 6.60. The van der Waals surface area contributed by atoms with Crippen molar-refractivity contribution < 1.29 is 13.9 Å². The minimum Gasteiger partial charge on any atom is -0.493 e. The van der Waals surface area contributed by atoms with Crippen molar-refractivity contribution in [2.75, 3.05) is 13.2 Å². The molecule has 1 heterocycles. The van der Waals surface area contributed by atoms with Gasteiger partial charge < -0.3 is 9.64 Å². The van der Waals surface area contributed by atoms with Gasteiger partial charge in [0.2, 0.25) is 5.91 Å². The zero-order chi connectivity index (χ0) is 17.9. The molecule has 0 aliphatic rings. The normalized spacial score (nSPS) is 10.1. The number of benzene rings is 1. The zero-order valence-corrected chi connectivity index (χ0v) is 13.9. The molecule has 25 heavy (non-hydrogen) atoms. The molecule has 0 aliphatic carbocycles. The van der Waals surface area contributed by atoms with Crippen molar-refractivity contribution in [2.45, 2.75) is 25.8 Å². The molecule has 1 aromatic heterocycles. The molecular formula is C19H20FN3O2. The van der Waals surface area contributed by atoms with E-state index in [0.29, 0.717) is 38.3 Å². The third-order valence-corrected chi connectivity index (χ3v) is 3.54. The van der Waals surface area contributed by atoms with Crippen LogP contribution in [-0.2, 0) is 11.3 Å². The van der Waals surface area contributed by atoms with Gasteiger partial charge in [-0.3, -0.25) is 9.78 Å². The molecule has 130 valence electrons. The van der Waals surface area contributed by atoms with Gasteiger partial charge in [-0.05, 0) is 30.2 Å². The lowest BCUT2D eigenvalue weighted by atomic mass is 10.2. The van der Waals surface area contributed by atoms with Crippen molar-refractivity contribution in [3.05, 3.63) is 60.2 Å². The van der Waals surface area contributed by atoms with Crippen LogP contribution in [0, 0.1) is 17.1 Å². The Kier molecular flexibility index (Phi) is 7.39. The van der Waals surface area contributed by atoms with E-state index in [-0.39, 0.29) is 18.1 Å². The van der Waals surface area contributed by atoms with Crippen LogP contribution in [0.4, 0.5) is 4.39 Å². The summed E-state index contributed by atoms with van der Waals surface area (Å²) in [7, 11) is 0. The number of pyridine rings is 1. The van der Waals surface area contributed by atoms with E-state index in [0.717, 1.165) is 5.56 Å². The molecular weight excluding hydrogens is 321 g/mol. The lowest BCUT2D eigenvalue weighted by Crippen LogP contribution is -2.31. The molecule has 2 rings (SSSR count). The van der Waals surface area contributed by atoms with Crippen molar-refractivity contribution in [3.63, 3.8) is 0 Å². The average molecular weight is 341 g/mol. The monoisotopic (exact) mass is 341 g/mol. The Hall–Kier alpha value is -2.94. The number of carbonyl (C=O) groups excluding carboxylic acids is 1. The second-order valence-corrected chi connectivity index (χ2v) is 5.49. The standard InChI is InChI=1S/C19H20FN3O2/c20-17-6-1-7-18(13-17)25-12-3-8-19(24)23(11-4-9-21)15-16-5-2-10-22-14-16/h1-2,5-7,10,13-14H,3-4,8,11-12,15H2. The molecule has 1 amide bonds. The van der Waals surface area contributed by atoms with Crippen LogP contribution in [0.15, 0.2) is 48.8 Å². The highest BCUT2D eigenvalue weighted by Crippen LogP contribution is 2.13. The molecule has 5 nitrogen and oxygen atoms in total. The van der Waals surface area contributed by atoms with Gasteiger partial charge in [-0.25, -0.2) is 4.39 Å². The van der Waals surface area contributed by atoms with E-state index in [4.69, 9.17) is 10.00 Å². The van der Waals surface area contributed by atoms with Crippen LogP contribution in [0.1, 0.15) is 24.8 Å². The van der Waals surface area contributed by atoms with Crippen molar-refractivity contribution in [1.29, 1.82) is 5.26 Å². The number of rotatable bonds is 9. The number of hydrogen-bond donors (Lipinski definition) is 0. The molecule has 0 spiro atoms. The topological polar surface area (TPSA) is 66.2 Å². The number of nitrogens with zero attached hydrogens (tertiary/aromatic N) is 3. The Morgan fingerprint density at radius 3 is 2.92 bits per heavy atom. The highest BCUT2D eigenvalue weighted by atomic mass is 19.1. The molecule has 0 saturated heterocycles. The van der Waals surface area contributed by atoms with Gasteiger partial charge in [0.1, 0.15) is 11.6 Å². The van der Waals surface area contributed by atoms with Gasteiger partial charge in [0.15, 0.2) is 0 Å². The molecule has 0 aliphatic heterocycles.